The largest absolute Gasteiger partial charge is 0.321 e. The minimum Gasteiger partial charge on any atom is -0.321 e. The second kappa shape index (κ2) is 4.75. The van der Waals surface area contributed by atoms with E-state index in [4.69, 9.17) is 5.73 Å². The first-order valence-corrected chi connectivity index (χ1v) is 5.60. The van der Waals surface area contributed by atoms with E-state index in [1.165, 1.54) is 0 Å². The van der Waals surface area contributed by atoms with Crippen molar-refractivity contribution in [2.24, 2.45) is 11.7 Å². The van der Waals surface area contributed by atoms with Crippen molar-refractivity contribution in [1.82, 2.24) is 14.8 Å². The molecule has 0 spiro atoms. The molecule has 0 aliphatic rings. The molecule has 0 aliphatic heterocycles. The first kappa shape index (κ1) is 12.2. The lowest BCUT2D eigenvalue weighted by Gasteiger charge is -2.18. The van der Waals surface area contributed by atoms with E-state index >= 15 is 0 Å². The number of hydrogen-bond donors (Lipinski definition) is 1. The maximum absolute atomic E-state index is 6.12. The summed E-state index contributed by atoms with van der Waals surface area (Å²) in [6, 6.07) is 0.363. The normalized spacial score (nSPS) is 13.9. The predicted molar refractivity (Wildman–Crippen MR) is 61.5 cm³/mol. The van der Waals surface area contributed by atoms with Gasteiger partial charge in [-0.1, -0.05) is 13.8 Å². The topological polar surface area (TPSA) is 56.7 Å². The SMILES string of the molecule is Cc1nnc([C@@H](N)CC(C)C)n1C(C)C. The van der Waals surface area contributed by atoms with Crippen molar-refractivity contribution in [2.45, 2.75) is 53.1 Å². The van der Waals surface area contributed by atoms with Gasteiger partial charge in [-0.05, 0) is 33.1 Å². The number of aromatic nitrogens is 3. The van der Waals surface area contributed by atoms with E-state index in [-0.39, 0.29) is 6.04 Å². The van der Waals surface area contributed by atoms with Gasteiger partial charge in [-0.25, -0.2) is 0 Å². The van der Waals surface area contributed by atoms with E-state index < -0.39 is 0 Å². The second-order valence-corrected chi connectivity index (χ2v) is 4.81. The molecule has 0 unspecified atom stereocenters. The van der Waals surface area contributed by atoms with Crippen LogP contribution in [0.2, 0.25) is 0 Å². The molecule has 0 saturated heterocycles. The molecule has 2 N–H and O–H groups in total. The van der Waals surface area contributed by atoms with Crippen LogP contribution in [0.25, 0.3) is 0 Å². The van der Waals surface area contributed by atoms with Crippen LogP contribution in [0.1, 0.15) is 57.8 Å². The van der Waals surface area contributed by atoms with Crippen molar-refractivity contribution in [3.05, 3.63) is 11.6 Å². The Morgan fingerprint density at radius 1 is 1.20 bits per heavy atom. The van der Waals surface area contributed by atoms with Gasteiger partial charge in [0.2, 0.25) is 0 Å². The maximum atomic E-state index is 6.12. The highest BCUT2D eigenvalue weighted by Gasteiger charge is 2.18. The Bertz CT molecular complexity index is 314. The summed E-state index contributed by atoms with van der Waals surface area (Å²) in [6.07, 6.45) is 0.949. The number of nitrogens with zero attached hydrogens (tertiary/aromatic N) is 3. The molecule has 0 radical (unpaired) electrons. The molecular weight excluding hydrogens is 188 g/mol. The van der Waals surface area contributed by atoms with Crippen molar-refractivity contribution in [3.8, 4) is 0 Å². The molecule has 0 fully saturated rings. The lowest BCUT2D eigenvalue weighted by atomic mass is 10.0. The number of hydrogen-bond acceptors (Lipinski definition) is 3. The molecule has 1 rings (SSSR count). The molecule has 0 amide bonds. The van der Waals surface area contributed by atoms with Gasteiger partial charge in [-0.3, -0.25) is 0 Å². The summed E-state index contributed by atoms with van der Waals surface area (Å²) in [5.41, 5.74) is 6.12. The van der Waals surface area contributed by atoms with E-state index in [0.29, 0.717) is 12.0 Å². The average molecular weight is 210 g/mol. The van der Waals surface area contributed by atoms with Crippen LogP contribution in [0.5, 0.6) is 0 Å². The van der Waals surface area contributed by atoms with Crippen LogP contribution in [-0.4, -0.2) is 14.8 Å². The van der Waals surface area contributed by atoms with Crippen molar-refractivity contribution in [1.29, 1.82) is 0 Å². The predicted octanol–water partition coefficient (Wildman–Crippen LogP) is 2.21. The Kier molecular flexibility index (Phi) is 3.85. The lowest BCUT2D eigenvalue weighted by Crippen LogP contribution is -2.20. The molecule has 1 aromatic rings. The molecule has 0 saturated carbocycles. The van der Waals surface area contributed by atoms with Gasteiger partial charge in [0, 0.05) is 6.04 Å². The fourth-order valence-electron chi connectivity index (χ4n) is 1.89. The smallest absolute Gasteiger partial charge is 0.150 e. The summed E-state index contributed by atoms with van der Waals surface area (Å²) in [7, 11) is 0. The molecule has 1 heterocycles. The highest BCUT2D eigenvalue weighted by atomic mass is 15.3. The zero-order valence-electron chi connectivity index (χ0n) is 10.4. The molecule has 1 atom stereocenters. The molecule has 86 valence electrons. The third kappa shape index (κ3) is 2.78. The van der Waals surface area contributed by atoms with Crippen molar-refractivity contribution >= 4 is 0 Å². The third-order valence-corrected chi connectivity index (χ3v) is 2.47. The molecular formula is C11H22N4. The summed E-state index contributed by atoms with van der Waals surface area (Å²) in [5, 5.41) is 8.28. The highest BCUT2D eigenvalue weighted by Crippen LogP contribution is 2.20. The van der Waals surface area contributed by atoms with Crippen molar-refractivity contribution in [2.75, 3.05) is 0 Å². The van der Waals surface area contributed by atoms with Crippen LogP contribution in [0, 0.1) is 12.8 Å². The third-order valence-electron chi connectivity index (χ3n) is 2.47. The Morgan fingerprint density at radius 2 is 1.80 bits per heavy atom. The number of nitrogens with two attached hydrogens (primary N) is 1. The van der Waals surface area contributed by atoms with E-state index in [2.05, 4.69) is 42.5 Å². The maximum Gasteiger partial charge on any atom is 0.150 e. The van der Waals surface area contributed by atoms with Crippen LogP contribution in [-0.2, 0) is 0 Å². The van der Waals surface area contributed by atoms with Crippen LogP contribution < -0.4 is 5.73 Å². The minimum absolute atomic E-state index is 0.00593. The summed E-state index contributed by atoms with van der Waals surface area (Å²) in [5.74, 6) is 2.44. The second-order valence-electron chi connectivity index (χ2n) is 4.81. The molecule has 0 aromatic carbocycles. The van der Waals surface area contributed by atoms with Gasteiger partial charge in [0.05, 0.1) is 6.04 Å². The molecule has 15 heavy (non-hydrogen) atoms. The van der Waals surface area contributed by atoms with E-state index in [9.17, 15) is 0 Å². The molecule has 0 bridgehead atoms. The summed E-state index contributed by atoms with van der Waals surface area (Å²) in [6.45, 7) is 10.6. The number of aryl methyl sites for hydroxylation is 1. The van der Waals surface area contributed by atoms with Gasteiger partial charge < -0.3 is 10.3 Å². The van der Waals surface area contributed by atoms with Gasteiger partial charge in [-0.15, -0.1) is 10.2 Å². The zero-order chi connectivity index (χ0) is 11.6. The average Bonchev–Trinajstić information content (AvgIpc) is 2.45. The molecule has 4 nitrogen and oxygen atoms in total. The van der Waals surface area contributed by atoms with Gasteiger partial charge >= 0.3 is 0 Å². The minimum atomic E-state index is -0.00593. The summed E-state index contributed by atoms with van der Waals surface area (Å²) >= 11 is 0. The Morgan fingerprint density at radius 3 is 2.27 bits per heavy atom. The molecule has 4 heteroatoms. The zero-order valence-corrected chi connectivity index (χ0v) is 10.4. The van der Waals surface area contributed by atoms with E-state index in [0.717, 1.165) is 18.1 Å². The van der Waals surface area contributed by atoms with Crippen LogP contribution >= 0.6 is 0 Å². The molecule has 0 aliphatic carbocycles. The molecule has 1 aromatic heterocycles. The lowest BCUT2D eigenvalue weighted by molar-refractivity contribution is 0.455. The summed E-state index contributed by atoms with van der Waals surface area (Å²) < 4.78 is 2.12. The van der Waals surface area contributed by atoms with E-state index in [1.54, 1.807) is 0 Å². The van der Waals surface area contributed by atoms with Crippen LogP contribution in [0.3, 0.4) is 0 Å². The summed E-state index contributed by atoms with van der Waals surface area (Å²) in [4.78, 5) is 0. The first-order valence-electron chi connectivity index (χ1n) is 5.60. The van der Waals surface area contributed by atoms with Gasteiger partial charge in [0.25, 0.3) is 0 Å². The Balaban J connectivity index is 2.93. The number of rotatable bonds is 4. The van der Waals surface area contributed by atoms with Gasteiger partial charge in [0.15, 0.2) is 0 Å². The quantitative estimate of drug-likeness (QED) is 0.829. The van der Waals surface area contributed by atoms with E-state index in [1.807, 2.05) is 6.92 Å². The standard InChI is InChI=1S/C11H22N4/c1-7(2)6-10(12)11-14-13-9(5)15(11)8(3)4/h7-8,10H,6,12H2,1-5H3/t10-/m0/s1. The highest BCUT2D eigenvalue weighted by molar-refractivity contribution is 5.01. The fourth-order valence-corrected chi connectivity index (χ4v) is 1.89. The van der Waals surface area contributed by atoms with Crippen LogP contribution in [0.4, 0.5) is 0 Å². The monoisotopic (exact) mass is 210 g/mol. The Hall–Kier alpha value is -0.900. The van der Waals surface area contributed by atoms with Crippen LogP contribution in [0.15, 0.2) is 0 Å². The van der Waals surface area contributed by atoms with Crippen molar-refractivity contribution in [3.63, 3.8) is 0 Å². The first-order chi connectivity index (χ1) is 6.93. The Labute approximate surface area is 91.9 Å². The van der Waals surface area contributed by atoms with Crippen molar-refractivity contribution < 1.29 is 0 Å². The van der Waals surface area contributed by atoms with Gasteiger partial charge in [-0.2, -0.15) is 0 Å². The van der Waals surface area contributed by atoms with Gasteiger partial charge in [0.1, 0.15) is 11.6 Å². The fraction of sp³-hybridized carbons (Fsp3) is 0.818.